The van der Waals surface area contributed by atoms with Gasteiger partial charge in [-0.1, -0.05) is 29.8 Å². The quantitative estimate of drug-likeness (QED) is 0.867. The molecule has 1 aromatic heterocycles. The van der Waals surface area contributed by atoms with Crippen LogP contribution in [0.1, 0.15) is 58.4 Å². The maximum atomic E-state index is 12.4. The zero-order valence-corrected chi connectivity index (χ0v) is 15.3. The lowest BCUT2D eigenvalue weighted by molar-refractivity contribution is 0.00692. The van der Waals surface area contributed by atoms with Crippen molar-refractivity contribution in [1.82, 2.24) is 10.3 Å². The summed E-state index contributed by atoms with van der Waals surface area (Å²) in [6, 6.07) is 11.2. The fraction of sp³-hybridized carbons (Fsp3) is 0.350. The Kier molecular flexibility index (Phi) is 5.57. The number of ether oxygens (including phenoxy) is 1. The van der Waals surface area contributed by atoms with Gasteiger partial charge in [-0.3, -0.25) is 4.79 Å². The minimum Gasteiger partial charge on any atom is -0.456 e. The summed E-state index contributed by atoms with van der Waals surface area (Å²) in [7, 11) is 1.53. The number of aromatic nitrogens is 1. The lowest BCUT2D eigenvalue weighted by Crippen LogP contribution is -2.25. The molecular formula is C20H24N2O3. The first kappa shape index (κ1) is 18.6. The number of nitrogens with zero attached hydrogens (tertiary/aromatic N) is 1. The van der Waals surface area contributed by atoms with Crippen LogP contribution in [0.3, 0.4) is 0 Å². The lowest BCUT2D eigenvalue weighted by Gasteiger charge is -2.20. The summed E-state index contributed by atoms with van der Waals surface area (Å²) in [5.41, 5.74) is 2.78. The van der Waals surface area contributed by atoms with Gasteiger partial charge < -0.3 is 10.1 Å². The van der Waals surface area contributed by atoms with Gasteiger partial charge in [0.05, 0.1) is 5.56 Å². The number of benzene rings is 1. The second-order valence-electron chi connectivity index (χ2n) is 6.98. The summed E-state index contributed by atoms with van der Waals surface area (Å²) in [5, 5.41) is 2.54. The summed E-state index contributed by atoms with van der Waals surface area (Å²) in [6.45, 7) is 7.43. The number of hydrogen-bond acceptors (Lipinski definition) is 4. The molecule has 5 heteroatoms. The number of esters is 1. The molecule has 0 saturated heterocycles. The third kappa shape index (κ3) is 5.41. The van der Waals surface area contributed by atoms with Crippen molar-refractivity contribution in [3.8, 4) is 0 Å². The SMILES string of the molecule is CNC(=O)c1cc(C(=O)OC(C)(C)C)cc(Cc2cccc(C)c2)n1. The smallest absolute Gasteiger partial charge is 0.338 e. The van der Waals surface area contributed by atoms with Crippen LogP contribution in [0, 0.1) is 6.92 Å². The van der Waals surface area contributed by atoms with E-state index in [9.17, 15) is 9.59 Å². The third-order valence-corrected chi connectivity index (χ3v) is 3.44. The van der Waals surface area contributed by atoms with Crippen molar-refractivity contribution in [2.75, 3.05) is 7.05 Å². The molecule has 1 N–H and O–H groups in total. The highest BCUT2D eigenvalue weighted by molar-refractivity contribution is 5.96. The van der Waals surface area contributed by atoms with Gasteiger partial charge in [-0.15, -0.1) is 0 Å². The number of pyridine rings is 1. The van der Waals surface area contributed by atoms with Crippen molar-refractivity contribution in [2.45, 2.75) is 39.7 Å². The molecule has 0 spiro atoms. The average molecular weight is 340 g/mol. The van der Waals surface area contributed by atoms with E-state index < -0.39 is 11.6 Å². The second kappa shape index (κ2) is 7.47. The van der Waals surface area contributed by atoms with Gasteiger partial charge in [0.25, 0.3) is 5.91 Å². The number of carbonyl (C=O) groups excluding carboxylic acids is 2. The van der Waals surface area contributed by atoms with Crippen LogP contribution in [0.25, 0.3) is 0 Å². The van der Waals surface area contributed by atoms with Crippen LogP contribution in [0.15, 0.2) is 36.4 Å². The van der Waals surface area contributed by atoms with E-state index in [1.807, 2.05) is 25.1 Å². The number of amides is 1. The Hall–Kier alpha value is -2.69. The highest BCUT2D eigenvalue weighted by atomic mass is 16.6. The van der Waals surface area contributed by atoms with E-state index in [0.29, 0.717) is 17.7 Å². The number of nitrogens with one attached hydrogen (secondary N) is 1. The Labute approximate surface area is 148 Å². The summed E-state index contributed by atoms with van der Waals surface area (Å²) < 4.78 is 5.42. The van der Waals surface area contributed by atoms with E-state index in [1.165, 1.54) is 13.1 Å². The fourth-order valence-electron chi connectivity index (χ4n) is 2.41. The predicted octanol–water partition coefficient (Wildman–Crippen LogP) is 3.30. The topological polar surface area (TPSA) is 68.3 Å². The minimum atomic E-state index is -0.607. The van der Waals surface area contributed by atoms with Gasteiger partial charge in [0, 0.05) is 19.2 Å². The molecule has 1 amide bonds. The Bertz CT molecular complexity index is 792. The number of rotatable bonds is 4. The molecule has 0 atom stereocenters. The molecule has 132 valence electrons. The molecule has 25 heavy (non-hydrogen) atoms. The van der Waals surface area contributed by atoms with E-state index in [1.54, 1.807) is 26.8 Å². The van der Waals surface area contributed by atoms with E-state index in [0.717, 1.165) is 11.1 Å². The van der Waals surface area contributed by atoms with E-state index in [4.69, 9.17) is 4.74 Å². The molecule has 5 nitrogen and oxygen atoms in total. The van der Waals surface area contributed by atoms with Crippen molar-refractivity contribution in [1.29, 1.82) is 0 Å². The standard InChI is InChI=1S/C20H24N2O3/c1-13-7-6-8-14(9-13)10-16-11-15(19(24)25-20(2,3)4)12-17(22-16)18(23)21-5/h6-9,11-12H,10H2,1-5H3,(H,21,23). The Morgan fingerprint density at radius 3 is 2.48 bits per heavy atom. The molecule has 2 aromatic rings. The zero-order chi connectivity index (χ0) is 18.6. The van der Waals surface area contributed by atoms with Crippen molar-refractivity contribution in [3.05, 3.63) is 64.5 Å². The van der Waals surface area contributed by atoms with Crippen LogP contribution in [0.5, 0.6) is 0 Å². The molecule has 1 heterocycles. The second-order valence-corrected chi connectivity index (χ2v) is 6.98. The van der Waals surface area contributed by atoms with Crippen molar-refractivity contribution < 1.29 is 14.3 Å². The van der Waals surface area contributed by atoms with Gasteiger partial charge in [-0.05, 0) is 45.4 Å². The highest BCUT2D eigenvalue weighted by Gasteiger charge is 2.20. The van der Waals surface area contributed by atoms with Crippen LogP contribution in [0.2, 0.25) is 0 Å². The Balaban J connectivity index is 2.40. The number of hydrogen-bond donors (Lipinski definition) is 1. The van der Waals surface area contributed by atoms with E-state index in [2.05, 4.69) is 16.4 Å². The molecule has 0 aliphatic carbocycles. The van der Waals surface area contributed by atoms with E-state index in [-0.39, 0.29) is 11.6 Å². The monoisotopic (exact) mass is 340 g/mol. The van der Waals surface area contributed by atoms with Crippen molar-refractivity contribution in [3.63, 3.8) is 0 Å². The van der Waals surface area contributed by atoms with Gasteiger partial charge in [-0.25, -0.2) is 9.78 Å². The molecule has 0 saturated carbocycles. The molecule has 0 unspecified atom stereocenters. The minimum absolute atomic E-state index is 0.202. The molecule has 2 rings (SSSR count). The number of aryl methyl sites for hydroxylation is 1. The molecule has 1 aromatic carbocycles. The molecular weight excluding hydrogens is 316 g/mol. The van der Waals surface area contributed by atoms with Crippen LogP contribution < -0.4 is 5.32 Å². The first-order chi connectivity index (χ1) is 11.7. The molecule has 0 fully saturated rings. The summed E-state index contributed by atoms with van der Waals surface area (Å²) in [6.07, 6.45) is 0.530. The molecule has 0 aliphatic heterocycles. The lowest BCUT2D eigenvalue weighted by atomic mass is 10.0. The number of carbonyl (C=O) groups is 2. The first-order valence-electron chi connectivity index (χ1n) is 8.20. The van der Waals surface area contributed by atoms with Crippen LogP contribution in [-0.2, 0) is 11.2 Å². The maximum Gasteiger partial charge on any atom is 0.338 e. The Morgan fingerprint density at radius 2 is 1.88 bits per heavy atom. The van der Waals surface area contributed by atoms with Crippen LogP contribution >= 0.6 is 0 Å². The summed E-state index contributed by atoms with van der Waals surface area (Å²) >= 11 is 0. The summed E-state index contributed by atoms with van der Waals surface area (Å²) in [4.78, 5) is 28.8. The van der Waals surface area contributed by atoms with Gasteiger partial charge in [0.15, 0.2) is 0 Å². The normalized spacial score (nSPS) is 11.1. The van der Waals surface area contributed by atoms with Gasteiger partial charge in [-0.2, -0.15) is 0 Å². The third-order valence-electron chi connectivity index (χ3n) is 3.44. The zero-order valence-electron chi connectivity index (χ0n) is 15.3. The molecule has 0 aliphatic rings. The van der Waals surface area contributed by atoms with Crippen molar-refractivity contribution in [2.24, 2.45) is 0 Å². The van der Waals surface area contributed by atoms with Gasteiger partial charge >= 0.3 is 5.97 Å². The first-order valence-corrected chi connectivity index (χ1v) is 8.20. The van der Waals surface area contributed by atoms with Gasteiger partial charge in [0.1, 0.15) is 11.3 Å². The molecule has 0 bridgehead atoms. The van der Waals surface area contributed by atoms with Crippen LogP contribution in [0.4, 0.5) is 0 Å². The summed E-state index contributed by atoms with van der Waals surface area (Å²) in [5.74, 6) is -0.804. The highest BCUT2D eigenvalue weighted by Crippen LogP contribution is 2.16. The molecule has 0 radical (unpaired) electrons. The van der Waals surface area contributed by atoms with Crippen LogP contribution in [-0.4, -0.2) is 29.5 Å². The van der Waals surface area contributed by atoms with E-state index >= 15 is 0 Å². The predicted molar refractivity (Wildman–Crippen MR) is 96.8 cm³/mol. The Morgan fingerprint density at radius 1 is 1.16 bits per heavy atom. The average Bonchev–Trinajstić information content (AvgIpc) is 2.52. The largest absolute Gasteiger partial charge is 0.456 e. The maximum absolute atomic E-state index is 12.4. The van der Waals surface area contributed by atoms with Gasteiger partial charge in [0.2, 0.25) is 0 Å². The van der Waals surface area contributed by atoms with Crippen molar-refractivity contribution >= 4 is 11.9 Å². The fourth-order valence-corrected chi connectivity index (χ4v) is 2.41.